The highest BCUT2D eigenvalue weighted by Crippen LogP contribution is 2.41. The number of rotatable bonds is 4. The molecule has 9 nitrogen and oxygen atoms in total. The lowest BCUT2D eigenvalue weighted by Gasteiger charge is -2.34. The van der Waals surface area contributed by atoms with E-state index in [0.29, 0.717) is 28.9 Å². The molecule has 186 valence electrons. The van der Waals surface area contributed by atoms with Crippen molar-refractivity contribution in [1.82, 2.24) is 14.7 Å². The van der Waals surface area contributed by atoms with Gasteiger partial charge in [0.05, 0.1) is 42.4 Å². The highest BCUT2D eigenvalue weighted by molar-refractivity contribution is 5.74. The van der Waals surface area contributed by atoms with Gasteiger partial charge in [0.2, 0.25) is 0 Å². The van der Waals surface area contributed by atoms with Gasteiger partial charge >= 0.3 is 12.1 Å². The summed E-state index contributed by atoms with van der Waals surface area (Å²) in [6.45, 7) is 5.42. The Bertz CT molecular complexity index is 1210. The van der Waals surface area contributed by atoms with Crippen molar-refractivity contribution in [1.29, 1.82) is 5.26 Å². The molecule has 1 atom stereocenters. The molecule has 1 aromatic heterocycles. The largest absolute Gasteiger partial charge is 0.469 e. The molecule has 1 fully saturated rings. The fourth-order valence-corrected chi connectivity index (χ4v) is 4.59. The fraction of sp³-hybridized carbons (Fsp3) is 0.520. The highest BCUT2D eigenvalue weighted by Gasteiger charge is 2.39. The molecular weight excluding hydrogens is 453 g/mol. The third-order valence-corrected chi connectivity index (χ3v) is 6.52. The number of nitrogens with two attached hydrogens (primary N) is 1. The summed E-state index contributed by atoms with van der Waals surface area (Å²) in [6.07, 6.45) is 2.39. The Labute approximate surface area is 203 Å². The van der Waals surface area contributed by atoms with E-state index in [1.54, 1.807) is 32.9 Å². The molecule has 1 unspecified atom stereocenters. The number of nitrogen functional groups attached to an aromatic ring is 1. The standard InChI is InChI=1S/C25H30FN5O4/c1-25(2,3)35-24(33)30-11-10-17-21(19(30)13-27)16(12-20(32)34-4)29-31(17)18-9-8-15(14-6-5-7-14)22(26)23(18)28/h8-9,14,19H,5-7,10-12,28H2,1-4H3. The minimum absolute atomic E-state index is 0.0348. The summed E-state index contributed by atoms with van der Waals surface area (Å²) in [7, 11) is 1.26. The number of aromatic nitrogens is 2. The molecule has 2 aromatic rings. The highest BCUT2D eigenvalue weighted by atomic mass is 19.1. The Morgan fingerprint density at radius 2 is 2.03 bits per heavy atom. The van der Waals surface area contributed by atoms with Gasteiger partial charge in [0.15, 0.2) is 11.9 Å². The van der Waals surface area contributed by atoms with Gasteiger partial charge in [-0.1, -0.05) is 12.5 Å². The minimum Gasteiger partial charge on any atom is -0.469 e. The van der Waals surface area contributed by atoms with Crippen LogP contribution in [0.3, 0.4) is 0 Å². The average Bonchev–Trinajstić information content (AvgIpc) is 3.12. The number of hydrogen-bond acceptors (Lipinski definition) is 7. The maximum atomic E-state index is 15.2. The molecule has 1 aliphatic heterocycles. The van der Waals surface area contributed by atoms with Crippen molar-refractivity contribution in [2.24, 2.45) is 0 Å². The number of methoxy groups -OCH3 is 1. The summed E-state index contributed by atoms with van der Waals surface area (Å²) in [5.74, 6) is -0.852. The first-order valence-corrected chi connectivity index (χ1v) is 11.7. The van der Waals surface area contributed by atoms with Gasteiger partial charge in [0.25, 0.3) is 0 Å². The summed E-state index contributed by atoms with van der Waals surface area (Å²) in [4.78, 5) is 26.3. The number of nitrogens with zero attached hydrogens (tertiary/aromatic N) is 4. The molecule has 2 aliphatic rings. The molecule has 4 rings (SSSR count). The quantitative estimate of drug-likeness (QED) is 0.516. The molecule has 0 saturated heterocycles. The maximum absolute atomic E-state index is 15.2. The molecule has 1 amide bonds. The fourth-order valence-electron chi connectivity index (χ4n) is 4.59. The summed E-state index contributed by atoms with van der Waals surface area (Å²) < 4.78 is 27.0. The van der Waals surface area contributed by atoms with Gasteiger partial charge in [-0.05, 0) is 51.2 Å². The summed E-state index contributed by atoms with van der Waals surface area (Å²) >= 11 is 0. The van der Waals surface area contributed by atoms with Crippen molar-refractivity contribution in [2.75, 3.05) is 19.4 Å². The van der Waals surface area contributed by atoms with E-state index in [0.717, 1.165) is 19.3 Å². The SMILES string of the molecule is COC(=O)Cc1nn(-c2ccc(C3CCC3)c(F)c2N)c2c1C(C#N)N(C(=O)OC(C)(C)C)CC2. The lowest BCUT2D eigenvalue weighted by atomic mass is 9.79. The van der Waals surface area contributed by atoms with E-state index in [4.69, 9.17) is 15.2 Å². The second kappa shape index (κ2) is 9.21. The number of amides is 1. The zero-order valence-electron chi connectivity index (χ0n) is 20.4. The van der Waals surface area contributed by atoms with Gasteiger partial charge in [-0.2, -0.15) is 10.4 Å². The van der Waals surface area contributed by atoms with Crippen LogP contribution in [0.2, 0.25) is 0 Å². The average molecular weight is 484 g/mol. The first-order chi connectivity index (χ1) is 16.6. The van der Waals surface area contributed by atoms with Crippen molar-refractivity contribution < 1.29 is 23.5 Å². The Kier molecular flexibility index (Phi) is 6.45. The van der Waals surface area contributed by atoms with Gasteiger partial charge in [-0.25, -0.2) is 13.9 Å². The zero-order chi connectivity index (χ0) is 25.5. The molecule has 0 spiro atoms. The Morgan fingerprint density at radius 3 is 2.60 bits per heavy atom. The van der Waals surface area contributed by atoms with E-state index in [1.165, 1.54) is 16.7 Å². The topological polar surface area (TPSA) is 123 Å². The van der Waals surface area contributed by atoms with Crippen LogP contribution in [-0.2, 0) is 27.1 Å². The van der Waals surface area contributed by atoms with Crippen LogP contribution < -0.4 is 5.73 Å². The third kappa shape index (κ3) is 4.55. The van der Waals surface area contributed by atoms with E-state index in [9.17, 15) is 14.9 Å². The first kappa shape index (κ1) is 24.5. The van der Waals surface area contributed by atoms with Crippen molar-refractivity contribution >= 4 is 17.7 Å². The Morgan fingerprint density at radius 1 is 1.31 bits per heavy atom. The molecule has 1 aliphatic carbocycles. The smallest absolute Gasteiger partial charge is 0.411 e. The number of fused-ring (bicyclic) bond motifs is 1. The second-order valence-electron chi connectivity index (χ2n) is 9.96. The van der Waals surface area contributed by atoms with Gasteiger partial charge in [0, 0.05) is 18.5 Å². The normalized spacial score (nSPS) is 17.8. The van der Waals surface area contributed by atoms with E-state index in [2.05, 4.69) is 11.2 Å². The van der Waals surface area contributed by atoms with Gasteiger partial charge < -0.3 is 15.2 Å². The number of benzene rings is 1. The third-order valence-electron chi connectivity index (χ3n) is 6.52. The molecular formula is C25H30FN5O4. The molecule has 1 saturated carbocycles. The zero-order valence-corrected chi connectivity index (χ0v) is 20.4. The number of carbonyl (C=O) groups is 2. The van der Waals surface area contributed by atoms with E-state index in [1.807, 2.05) is 0 Å². The summed E-state index contributed by atoms with van der Waals surface area (Å²) in [5, 5.41) is 14.6. The van der Waals surface area contributed by atoms with Crippen molar-refractivity contribution in [3.8, 4) is 11.8 Å². The monoisotopic (exact) mass is 483 g/mol. The number of ether oxygens (including phenoxy) is 2. The predicted octanol–water partition coefficient (Wildman–Crippen LogP) is 3.93. The number of nitriles is 1. The lowest BCUT2D eigenvalue weighted by molar-refractivity contribution is -0.139. The van der Waals surface area contributed by atoms with Crippen LogP contribution in [0.15, 0.2) is 12.1 Å². The molecule has 2 N–H and O–H groups in total. The molecule has 0 bridgehead atoms. The van der Waals surface area contributed by atoms with Crippen LogP contribution in [0.4, 0.5) is 14.9 Å². The predicted molar refractivity (Wildman–Crippen MR) is 125 cm³/mol. The van der Waals surface area contributed by atoms with Crippen molar-refractivity contribution in [3.63, 3.8) is 0 Å². The minimum atomic E-state index is -1.04. The number of esters is 1. The Hall–Kier alpha value is -3.61. The van der Waals surface area contributed by atoms with Gasteiger partial charge in [-0.3, -0.25) is 9.69 Å². The van der Waals surface area contributed by atoms with Crippen LogP contribution in [0.1, 0.15) is 74.5 Å². The maximum Gasteiger partial charge on any atom is 0.411 e. The Balaban J connectivity index is 1.81. The van der Waals surface area contributed by atoms with Crippen LogP contribution in [0.25, 0.3) is 5.69 Å². The molecule has 1 aromatic carbocycles. The van der Waals surface area contributed by atoms with Crippen LogP contribution in [-0.4, -0.2) is 46.0 Å². The van der Waals surface area contributed by atoms with Crippen LogP contribution in [0, 0.1) is 17.1 Å². The van der Waals surface area contributed by atoms with Crippen LogP contribution >= 0.6 is 0 Å². The molecule has 10 heteroatoms. The molecule has 0 radical (unpaired) electrons. The second-order valence-corrected chi connectivity index (χ2v) is 9.96. The van der Waals surface area contributed by atoms with E-state index >= 15 is 4.39 Å². The number of carbonyl (C=O) groups excluding carboxylic acids is 2. The summed E-state index contributed by atoms with van der Waals surface area (Å²) in [5.41, 5.74) is 7.67. The van der Waals surface area contributed by atoms with E-state index in [-0.39, 0.29) is 30.3 Å². The van der Waals surface area contributed by atoms with Gasteiger partial charge in [-0.15, -0.1) is 0 Å². The van der Waals surface area contributed by atoms with Crippen molar-refractivity contribution in [3.05, 3.63) is 40.5 Å². The molecule has 35 heavy (non-hydrogen) atoms. The first-order valence-electron chi connectivity index (χ1n) is 11.7. The van der Waals surface area contributed by atoms with E-state index < -0.39 is 29.5 Å². The number of anilines is 1. The van der Waals surface area contributed by atoms with Crippen LogP contribution in [0.5, 0.6) is 0 Å². The number of hydrogen-bond donors (Lipinski definition) is 1. The van der Waals surface area contributed by atoms with Gasteiger partial charge in [0.1, 0.15) is 5.60 Å². The number of halogens is 1. The lowest BCUT2D eigenvalue weighted by Crippen LogP contribution is -2.43. The molecule has 2 heterocycles. The summed E-state index contributed by atoms with van der Waals surface area (Å²) in [6, 6.07) is 4.57. The van der Waals surface area contributed by atoms with Crippen molar-refractivity contribution in [2.45, 2.75) is 70.4 Å².